The maximum Gasteiger partial charge on any atom is 0.254 e. The van der Waals surface area contributed by atoms with Crippen molar-refractivity contribution in [3.63, 3.8) is 0 Å². The Morgan fingerprint density at radius 2 is 1.95 bits per heavy atom. The van der Waals surface area contributed by atoms with E-state index in [9.17, 15) is 4.79 Å². The molecular formula is C15H17ClN4O. The molecule has 0 saturated heterocycles. The molecule has 0 N–H and O–H groups in total. The topological polar surface area (TPSA) is 51.0 Å². The lowest BCUT2D eigenvalue weighted by Gasteiger charge is -2.26. The maximum absolute atomic E-state index is 12.5. The number of aromatic nitrogens is 3. The van der Waals surface area contributed by atoms with Crippen molar-refractivity contribution >= 4 is 17.5 Å². The lowest BCUT2D eigenvalue weighted by molar-refractivity contribution is 0.0702. The van der Waals surface area contributed by atoms with Gasteiger partial charge in [-0.3, -0.25) is 4.79 Å². The largest absolute Gasteiger partial charge is 0.329 e. The lowest BCUT2D eigenvalue weighted by Crippen LogP contribution is -2.38. The third kappa shape index (κ3) is 2.78. The van der Waals surface area contributed by atoms with Gasteiger partial charge in [-0.15, -0.1) is 0 Å². The molecule has 3 rings (SSSR count). The van der Waals surface area contributed by atoms with Crippen LogP contribution >= 0.6 is 11.6 Å². The molecule has 1 amide bonds. The molecule has 0 aliphatic carbocycles. The Morgan fingerprint density at radius 1 is 1.24 bits per heavy atom. The van der Waals surface area contributed by atoms with Crippen molar-refractivity contribution in [3.8, 4) is 0 Å². The van der Waals surface area contributed by atoms with Crippen LogP contribution in [0.15, 0.2) is 24.3 Å². The molecule has 0 spiro atoms. The van der Waals surface area contributed by atoms with E-state index in [2.05, 4.69) is 23.9 Å². The Kier molecular flexibility index (Phi) is 3.68. The van der Waals surface area contributed by atoms with Crippen molar-refractivity contribution in [1.29, 1.82) is 0 Å². The van der Waals surface area contributed by atoms with Crippen molar-refractivity contribution in [1.82, 2.24) is 19.7 Å². The van der Waals surface area contributed by atoms with Gasteiger partial charge < -0.3 is 4.90 Å². The number of fused-ring (bicyclic) bond motifs is 1. The molecule has 0 saturated carbocycles. The molecule has 0 bridgehead atoms. The monoisotopic (exact) mass is 304 g/mol. The first-order valence-corrected chi connectivity index (χ1v) is 7.41. The number of benzene rings is 1. The number of hydrogen-bond donors (Lipinski definition) is 0. The molecule has 21 heavy (non-hydrogen) atoms. The number of halogens is 1. The van der Waals surface area contributed by atoms with Crippen LogP contribution in [0, 0.1) is 0 Å². The van der Waals surface area contributed by atoms with Crippen LogP contribution in [0.4, 0.5) is 0 Å². The van der Waals surface area contributed by atoms with Gasteiger partial charge in [0, 0.05) is 23.0 Å². The Balaban J connectivity index is 1.79. The number of carbonyl (C=O) groups is 1. The molecule has 0 fully saturated rings. The zero-order chi connectivity index (χ0) is 15.0. The second kappa shape index (κ2) is 5.48. The van der Waals surface area contributed by atoms with Gasteiger partial charge in [-0.25, -0.2) is 9.67 Å². The van der Waals surface area contributed by atoms with Gasteiger partial charge >= 0.3 is 0 Å². The molecule has 1 aromatic carbocycles. The fraction of sp³-hybridized carbons (Fsp3) is 0.400. The fourth-order valence-electron chi connectivity index (χ4n) is 2.35. The van der Waals surface area contributed by atoms with Gasteiger partial charge in [0.25, 0.3) is 5.91 Å². The molecule has 2 aromatic rings. The van der Waals surface area contributed by atoms with Crippen LogP contribution in [-0.4, -0.2) is 32.1 Å². The zero-order valence-electron chi connectivity index (χ0n) is 12.1. The van der Waals surface area contributed by atoms with Crippen LogP contribution in [0.3, 0.4) is 0 Å². The van der Waals surface area contributed by atoms with Crippen LogP contribution in [0.25, 0.3) is 0 Å². The predicted octanol–water partition coefficient (Wildman–Crippen LogP) is 2.71. The van der Waals surface area contributed by atoms with Crippen molar-refractivity contribution in [2.45, 2.75) is 32.9 Å². The summed E-state index contributed by atoms with van der Waals surface area (Å²) in [6.07, 6.45) is 0. The van der Waals surface area contributed by atoms with E-state index >= 15 is 0 Å². The van der Waals surface area contributed by atoms with Crippen LogP contribution in [0.2, 0.25) is 5.02 Å². The molecule has 0 unspecified atom stereocenters. The highest BCUT2D eigenvalue weighted by Gasteiger charge is 2.24. The molecule has 0 radical (unpaired) electrons. The van der Waals surface area contributed by atoms with Crippen molar-refractivity contribution in [2.75, 3.05) is 6.54 Å². The molecule has 110 valence electrons. The zero-order valence-corrected chi connectivity index (χ0v) is 12.8. The Morgan fingerprint density at radius 3 is 2.62 bits per heavy atom. The molecule has 0 atom stereocenters. The van der Waals surface area contributed by atoms with Gasteiger partial charge in [0.15, 0.2) is 5.82 Å². The van der Waals surface area contributed by atoms with E-state index in [4.69, 9.17) is 11.6 Å². The van der Waals surface area contributed by atoms with Crippen molar-refractivity contribution < 1.29 is 4.79 Å². The Hall–Kier alpha value is -1.88. The summed E-state index contributed by atoms with van der Waals surface area (Å²) in [6.45, 7) is 5.97. The molecule has 5 nitrogen and oxygen atoms in total. The fourth-order valence-corrected chi connectivity index (χ4v) is 2.47. The van der Waals surface area contributed by atoms with Crippen LogP contribution in [0.1, 0.15) is 41.8 Å². The van der Waals surface area contributed by atoms with Crippen molar-refractivity contribution in [3.05, 3.63) is 46.5 Å². The van der Waals surface area contributed by atoms with Crippen molar-refractivity contribution in [2.24, 2.45) is 0 Å². The third-order valence-electron chi connectivity index (χ3n) is 3.57. The van der Waals surface area contributed by atoms with Crippen LogP contribution in [-0.2, 0) is 13.1 Å². The minimum Gasteiger partial charge on any atom is -0.329 e. The molecular weight excluding hydrogens is 288 g/mol. The Bertz CT molecular complexity index is 663. The highest BCUT2D eigenvalue weighted by Crippen LogP contribution is 2.18. The SMILES string of the molecule is CC(C)c1nc2n(n1)CCN(C(=O)c1ccc(Cl)cc1)C2. The first-order valence-electron chi connectivity index (χ1n) is 7.03. The lowest BCUT2D eigenvalue weighted by atomic mass is 10.2. The van der Waals surface area contributed by atoms with E-state index in [0.29, 0.717) is 36.1 Å². The smallest absolute Gasteiger partial charge is 0.254 e. The number of nitrogens with zero attached hydrogens (tertiary/aromatic N) is 4. The van der Waals surface area contributed by atoms with Crippen LogP contribution in [0.5, 0.6) is 0 Å². The average molecular weight is 305 g/mol. The number of rotatable bonds is 2. The number of hydrogen-bond acceptors (Lipinski definition) is 3. The molecule has 6 heteroatoms. The van der Waals surface area contributed by atoms with E-state index in [0.717, 1.165) is 11.6 Å². The standard InChI is InChI=1S/C15H17ClN4O/c1-10(2)14-17-13-9-19(7-8-20(13)18-14)15(21)11-3-5-12(16)6-4-11/h3-6,10H,7-9H2,1-2H3. The van der Waals surface area contributed by atoms with Crippen LogP contribution < -0.4 is 0 Å². The molecule has 1 aliphatic rings. The second-order valence-electron chi connectivity index (χ2n) is 5.50. The quantitative estimate of drug-likeness (QED) is 0.857. The summed E-state index contributed by atoms with van der Waals surface area (Å²) in [4.78, 5) is 18.8. The highest BCUT2D eigenvalue weighted by atomic mass is 35.5. The summed E-state index contributed by atoms with van der Waals surface area (Å²) in [5.41, 5.74) is 0.649. The van der Waals surface area contributed by atoms with Gasteiger partial charge in [-0.05, 0) is 24.3 Å². The summed E-state index contributed by atoms with van der Waals surface area (Å²) in [5, 5.41) is 5.11. The minimum atomic E-state index is 0.00649. The van der Waals surface area contributed by atoms with E-state index in [1.807, 2.05) is 4.68 Å². The van der Waals surface area contributed by atoms with E-state index in [-0.39, 0.29) is 5.91 Å². The minimum absolute atomic E-state index is 0.00649. The van der Waals surface area contributed by atoms with Gasteiger partial charge in [0.2, 0.25) is 0 Å². The molecule has 1 aromatic heterocycles. The maximum atomic E-state index is 12.5. The summed E-state index contributed by atoms with van der Waals surface area (Å²) in [6, 6.07) is 6.98. The Labute approximate surface area is 128 Å². The normalized spacial score (nSPS) is 14.4. The van der Waals surface area contributed by atoms with Gasteiger partial charge in [-0.1, -0.05) is 25.4 Å². The average Bonchev–Trinajstić information content (AvgIpc) is 2.90. The summed E-state index contributed by atoms with van der Waals surface area (Å²) >= 11 is 5.85. The van der Waals surface area contributed by atoms with Gasteiger partial charge in [0.1, 0.15) is 5.82 Å². The molecule has 1 aliphatic heterocycles. The first kappa shape index (κ1) is 14.1. The van der Waals surface area contributed by atoms with Gasteiger partial charge in [0.05, 0.1) is 13.1 Å². The van der Waals surface area contributed by atoms with E-state index < -0.39 is 0 Å². The van der Waals surface area contributed by atoms with Gasteiger partial charge in [-0.2, -0.15) is 5.10 Å². The second-order valence-corrected chi connectivity index (χ2v) is 5.93. The highest BCUT2D eigenvalue weighted by molar-refractivity contribution is 6.30. The number of carbonyl (C=O) groups excluding carboxylic acids is 1. The molecule has 2 heterocycles. The first-order chi connectivity index (χ1) is 10.0. The third-order valence-corrected chi connectivity index (χ3v) is 3.83. The summed E-state index contributed by atoms with van der Waals surface area (Å²) in [5.74, 6) is 1.99. The van der Waals surface area contributed by atoms with E-state index in [1.54, 1.807) is 29.2 Å². The predicted molar refractivity (Wildman–Crippen MR) is 80.3 cm³/mol. The summed E-state index contributed by atoms with van der Waals surface area (Å²) in [7, 11) is 0. The summed E-state index contributed by atoms with van der Waals surface area (Å²) < 4.78 is 1.90. The number of amides is 1. The van der Waals surface area contributed by atoms with E-state index in [1.165, 1.54) is 0 Å².